The van der Waals surface area contributed by atoms with Gasteiger partial charge < -0.3 is 14.8 Å². The van der Waals surface area contributed by atoms with Crippen LogP contribution < -0.4 is 10.1 Å². The Morgan fingerprint density at radius 3 is 2.64 bits per heavy atom. The standard InChI is InChI=1S/C19H21BrN2O5S/c1-2-27-18-7-6-16(28(24,25)22-8-10-26-11-9-22)13-17(18)21-19(23)14-4-3-5-15(20)12-14/h3-7,12-13H,2,8-11H2,1H3,(H,21,23). The van der Waals surface area contributed by atoms with Crippen LogP contribution in [-0.4, -0.2) is 51.5 Å². The van der Waals surface area contributed by atoms with Gasteiger partial charge in [0.1, 0.15) is 5.75 Å². The second-order valence-electron chi connectivity index (χ2n) is 6.07. The van der Waals surface area contributed by atoms with Crippen LogP contribution in [0.25, 0.3) is 0 Å². The molecule has 7 nitrogen and oxygen atoms in total. The molecule has 1 amide bonds. The first-order valence-electron chi connectivity index (χ1n) is 8.83. The van der Waals surface area contributed by atoms with E-state index < -0.39 is 10.0 Å². The Kier molecular flexibility index (Phi) is 6.71. The van der Waals surface area contributed by atoms with Crippen LogP contribution >= 0.6 is 15.9 Å². The molecule has 1 aliphatic rings. The summed E-state index contributed by atoms with van der Waals surface area (Å²) in [7, 11) is -3.68. The predicted octanol–water partition coefficient (Wildman–Crippen LogP) is 3.12. The van der Waals surface area contributed by atoms with Crippen LogP contribution in [0.15, 0.2) is 51.8 Å². The van der Waals surface area contributed by atoms with E-state index in [1.165, 1.54) is 16.4 Å². The van der Waals surface area contributed by atoms with Gasteiger partial charge in [0.05, 0.1) is 30.4 Å². The molecule has 0 bridgehead atoms. The summed E-state index contributed by atoms with van der Waals surface area (Å²) < 4.78 is 38.8. The SMILES string of the molecule is CCOc1ccc(S(=O)(=O)N2CCOCC2)cc1NC(=O)c1cccc(Br)c1. The van der Waals surface area contributed by atoms with Gasteiger partial charge >= 0.3 is 0 Å². The van der Waals surface area contributed by atoms with Gasteiger partial charge in [0.25, 0.3) is 5.91 Å². The first kappa shape index (κ1) is 20.8. The predicted molar refractivity (Wildman–Crippen MR) is 109 cm³/mol. The topological polar surface area (TPSA) is 84.9 Å². The van der Waals surface area contributed by atoms with Crippen molar-refractivity contribution in [2.75, 3.05) is 38.2 Å². The zero-order valence-electron chi connectivity index (χ0n) is 15.4. The Bertz CT molecular complexity index is 959. The van der Waals surface area contributed by atoms with Crippen molar-refractivity contribution in [3.63, 3.8) is 0 Å². The number of hydrogen-bond donors (Lipinski definition) is 1. The van der Waals surface area contributed by atoms with Gasteiger partial charge in [-0.05, 0) is 43.3 Å². The fourth-order valence-corrected chi connectivity index (χ4v) is 4.64. The third kappa shape index (κ3) is 4.72. The van der Waals surface area contributed by atoms with Crippen molar-refractivity contribution in [1.29, 1.82) is 0 Å². The van der Waals surface area contributed by atoms with Crippen molar-refractivity contribution in [2.45, 2.75) is 11.8 Å². The highest BCUT2D eigenvalue weighted by Gasteiger charge is 2.27. The fourth-order valence-electron chi connectivity index (χ4n) is 2.81. The number of nitrogens with one attached hydrogen (secondary N) is 1. The van der Waals surface area contributed by atoms with Crippen LogP contribution in [0, 0.1) is 0 Å². The van der Waals surface area contributed by atoms with Crippen molar-refractivity contribution in [2.24, 2.45) is 0 Å². The number of benzene rings is 2. The first-order valence-corrected chi connectivity index (χ1v) is 11.1. The van der Waals surface area contributed by atoms with Crippen LogP contribution in [0.5, 0.6) is 5.75 Å². The Hall–Kier alpha value is -1.94. The molecular weight excluding hydrogens is 448 g/mol. The second-order valence-corrected chi connectivity index (χ2v) is 8.93. The number of ether oxygens (including phenoxy) is 2. The summed E-state index contributed by atoms with van der Waals surface area (Å²) in [6, 6.07) is 11.4. The van der Waals surface area contributed by atoms with E-state index in [-0.39, 0.29) is 10.8 Å². The van der Waals surface area contributed by atoms with Crippen molar-refractivity contribution < 1.29 is 22.7 Å². The minimum absolute atomic E-state index is 0.0994. The minimum atomic E-state index is -3.68. The van der Waals surface area contributed by atoms with Crippen molar-refractivity contribution in [3.05, 3.63) is 52.5 Å². The third-order valence-electron chi connectivity index (χ3n) is 4.19. The Morgan fingerprint density at radius 2 is 1.96 bits per heavy atom. The number of carbonyl (C=O) groups is 1. The van der Waals surface area contributed by atoms with E-state index in [0.717, 1.165) is 4.47 Å². The number of rotatable bonds is 6. The summed E-state index contributed by atoms with van der Waals surface area (Å²) >= 11 is 3.34. The number of morpholine rings is 1. The molecule has 1 heterocycles. The van der Waals surface area contributed by atoms with Crippen LogP contribution in [-0.2, 0) is 14.8 Å². The zero-order chi connectivity index (χ0) is 20.1. The molecule has 1 saturated heterocycles. The third-order valence-corrected chi connectivity index (χ3v) is 6.58. The molecule has 150 valence electrons. The normalized spacial score (nSPS) is 15.2. The molecule has 0 radical (unpaired) electrons. The summed E-state index contributed by atoms with van der Waals surface area (Å²) in [5, 5.41) is 2.76. The van der Waals surface area contributed by atoms with E-state index in [1.54, 1.807) is 24.3 Å². The monoisotopic (exact) mass is 468 g/mol. The lowest BCUT2D eigenvalue weighted by Gasteiger charge is -2.26. The molecule has 1 N–H and O–H groups in total. The number of carbonyl (C=O) groups excluding carboxylic acids is 1. The highest BCUT2D eigenvalue weighted by molar-refractivity contribution is 9.10. The Balaban J connectivity index is 1.92. The van der Waals surface area contributed by atoms with E-state index in [1.807, 2.05) is 13.0 Å². The smallest absolute Gasteiger partial charge is 0.255 e. The molecule has 0 atom stereocenters. The van der Waals surface area contributed by atoms with E-state index in [4.69, 9.17) is 9.47 Å². The van der Waals surface area contributed by atoms with Crippen LogP contribution in [0.2, 0.25) is 0 Å². The van der Waals surface area contributed by atoms with E-state index >= 15 is 0 Å². The lowest BCUT2D eigenvalue weighted by atomic mass is 10.2. The molecule has 0 unspecified atom stereocenters. The van der Waals surface area contributed by atoms with Crippen molar-refractivity contribution in [1.82, 2.24) is 4.31 Å². The molecule has 0 saturated carbocycles. The van der Waals surface area contributed by atoms with Gasteiger partial charge in [-0.2, -0.15) is 4.31 Å². The summed E-state index contributed by atoms with van der Waals surface area (Å²) in [6.07, 6.45) is 0. The molecule has 1 fully saturated rings. The van der Waals surface area contributed by atoms with Crippen molar-refractivity contribution >= 4 is 37.5 Å². The van der Waals surface area contributed by atoms with Crippen LogP contribution in [0.3, 0.4) is 0 Å². The minimum Gasteiger partial charge on any atom is -0.492 e. The second kappa shape index (κ2) is 9.04. The van der Waals surface area contributed by atoms with E-state index in [0.29, 0.717) is 49.9 Å². The molecule has 9 heteroatoms. The number of hydrogen-bond acceptors (Lipinski definition) is 5. The van der Waals surface area contributed by atoms with Gasteiger partial charge in [-0.25, -0.2) is 8.42 Å². The average molecular weight is 469 g/mol. The highest BCUT2D eigenvalue weighted by atomic mass is 79.9. The molecule has 1 aliphatic heterocycles. The quantitative estimate of drug-likeness (QED) is 0.703. The van der Waals surface area contributed by atoms with E-state index in [2.05, 4.69) is 21.2 Å². The molecular formula is C19H21BrN2O5S. The summed E-state index contributed by atoms with van der Waals surface area (Å²) in [6.45, 7) is 3.53. The van der Waals surface area contributed by atoms with Crippen LogP contribution in [0.1, 0.15) is 17.3 Å². The first-order chi connectivity index (χ1) is 13.4. The van der Waals surface area contributed by atoms with Gasteiger partial charge in [0.2, 0.25) is 10.0 Å². The number of nitrogens with zero attached hydrogens (tertiary/aromatic N) is 1. The van der Waals surface area contributed by atoms with Gasteiger partial charge in [-0.15, -0.1) is 0 Å². The zero-order valence-corrected chi connectivity index (χ0v) is 17.8. The number of anilines is 1. The molecule has 28 heavy (non-hydrogen) atoms. The largest absolute Gasteiger partial charge is 0.492 e. The summed E-state index contributed by atoms with van der Waals surface area (Å²) in [4.78, 5) is 12.7. The van der Waals surface area contributed by atoms with E-state index in [9.17, 15) is 13.2 Å². The van der Waals surface area contributed by atoms with Gasteiger partial charge in [-0.3, -0.25) is 4.79 Å². The molecule has 2 aromatic carbocycles. The average Bonchev–Trinajstić information content (AvgIpc) is 2.70. The van der Waals surface area contributed by atoms with Crippen LogP contribution in [0.4, 0.5) is 5.69 Å². The molecule has 2 aromatic rings. The Labute approximate surface area is 172 Å². The summed E-state index contributed by atoms with van der Waals surface area (Å²) in [5.74, 6) is 0.0509. The number of amides is 1. The Morgan fingerprint density at radius 1 is 1.21 bits per heavy atom. The van der Waals surface area contributed by atoms with Crippen molar-refractivity contribution in [3.8, 4) is 5.75 Å². The number of sulfonamides is 1. The maximum Gasteiger partial charge on any atom is 0.255 e. The molecule has 0 aliphatic carbocycles. The number of halogens is 1. The molecule has 0 spiro atoms. The lowest BCUT2D eigenvalue weighted by molar-refractivity contribution is 0.0730. The van der Waals surface area contributed by atoms with Gasteiger partial charge in [-0.1, -0.05) is 22.0 Å². The summed E-state index contributed by atoms with van der Waals surface area (Å²) in [5.41, 5.74) is 0.749. The molecule has 3 rings (SSSR count). The maximum absolute atomic E-state index is 12.9. The fraction of sp³-hybridized carbons (Fsp3) is 0.316. The van der Waals surface area contributed by atoms with Gasteiger partial charge in [0.15, 0.2) is 0 Å². The lowest BCUT2D eigenvalue weighted by Crippen LogP contribution is -2.40. The maximum atomic E-state index is 12.9. The van der Waals surface area contributed by atoms with Gasteiger partial charge in [0, 0.05) is 23.1 Å². The highest BCUT2D eigenvalue weighted by Crippen LogP contribution is 2.30. The molecule has 0 aromatic heterocycles.